The van der Waals surface area contributed by atoms with E-state index in [1.54, 1.807) is 0 Å². The van der Waals surface area contributed by atoms with E-state index in [9.17, 15) is 0 Å². The Kier molecular flexibility index (Phi) is 4.83. The number of terminal acetylenes is 1. The van der Waals surface area contributed by atoms with E-state index in [2.05, 4.69) is 39.8 Å². The minimum absolute atomic E-state index is 0.170. The molecule has 0 heterocycles. The summed E-state index contributed by atoms with van der Waals surface area (Å²) in [5, 5.41) is 0.206. The van der Waals surface area contributed by atoms with Crippen molar-refractivity contribution in [3.8, 4) is 12.3 Å². The van der Waals surface area contributed by atoms with Crippen LogP contribution in [0.4, 0.5) is 0 Å². The van der Waals surface area contributed by atoms with Crippen molar-refractivity contribution in [2.75, 3.05) is 0 Å². The van der Waals surface area contributed by atoms with E-state index >= 15 is 0 Å². The summed E-state index contributed by atoms with van der Waals surface area (Å²) in [6, 6.07) is 0. The summed E-state index contributed by atoms with van der Waals surface area (Å²) in [5.74, 6) is 2.70. The third kappa shape index (κ3) is 4.68. The molecule has 0 aromatic heterocycles. The van der Waals surface area contributed by atoms with Crippen molar-refractivity contribution >= 4 is 8.32 Å². The van der Waals surface area contributed by atoms with E-state index in [1.807, 2.05) is 19.9 Å². The van der Waals surface area contributed by atoms with E-state index in [0.717, 1.165) is 0 Å². The second-order valence-electron chi connectivity index (χ2n) is 5.71. The first-order valence-corrected chi connectivity index (χ1v) is 8.30. The standard InChI is InChI=1S/C13H24OSi/c1-9-12(10-11(2)3)14-15(7,8)13(4,5)6/h1,10,12H,2-8H3. The Hall–Kier alpha value is -0.523. The number of hydrogen-bond donors (Lipinski definition) is 0. The quantitative estimate of drug-likeness (QED) is 0.400. The van der Waals surface area contributed by atoms with E-state index in [0.29, 0.717) is 0 Å². The van der Waals surface area contributed by atoms with Gasteiger partial charge in [0, 0.05) is 0 Å². The van der Waals surface area contributed by atoms with Crippen LogP contribution in [-0.2, 0) is 4.43 Å². The second-order valence-corrected chi connectivity index (χ2v) is 10.5. The first-order chi connectivity index (χ1) is 6.60. The zero-order valence-corrected chi connectivity index (χ0v) is 12.1. The van der Waals surface area contributed by atoms with Gasteiger partial charge < -0.3 is 4.43 Å². The molecule has 0 fully saturated rings. The molecule has 2 heteroatoms. The summed E-state index contributed by atoms with van der Waals surface area (Å²) < 4.78 is 6.09. The van der Waals surface area contributed by atoms with E-state index in [1.165, 1.54) is 5.57 Å². The molecule has 0 saturated carbocycles. The molecule has 0 aromatic carbocycles. The molecule has 1 unspecified atom stereocenters. The van der Waals surface area contributed by atoms with E-state index in [4.69, 9.17) is 10.8 Å². The first kappa shape index (κ1) is 14.5. The fraction of sp³-hybridized carbons (Fsp3) is 0.692. The van der Waals surface area contributed by atoms with Crippen molar-refractivity contribution in [1.82, 2.24) is 0 Å². The molecule has 1 atom stereocenters. The number of rotatable bonds is 3. The fourth-order valence-corrected chi connectivity index (χ4v) is 2.04. The lowest BCUT2D eigenvalue weighted by atomic mass is 10.2. The van der Waals surface area contributed by atoms with Crippen molar-refractivity contribution in [1.29, 1.82) is 0 Å². The molecular weight excluding hydrogens is 200 g/mol. The summed E-state index contributed by atoms with van der Waals surface area (Å²) >= 11 is 0. The Morgan fingerprint density at radius 3 is 2.07 bits per heavy atom. The zero-order chi connectivity index (χ0) is 12.3. The van der Waals surface area contributed by atoms with Crippen LogP contribution in [0.3, 0.4) is 0 Å². The summed E-state index contributed by atoms with van der Waals surface area (Å²) in [5.41, 5.74) is 1.21. The molecule has 0 aromatic rings. The maximum Gasteiger partial charge on any atom is 0.194 e. The third-order valence-electron chi connectivity index (χ3n) is 2.88. The Labute approximate surface area is 96.0 Å². The molecule has 0 bridgehead atoms. The van der Waals surface area contributed by atoms with Gasteiger partial charge >= 0.3 is 0 Å². The Morgan fingerprint density at radius 2 is 1.80 bits per heavy atom. The van der Waals surface area contributed by atoms with Crippen LogP contribution in [-0.4, -0.2) is 14.4 Å². The van der Waals surface area contributed by atoms with Crippen LogP contribution < -0.4 is 0 Å². The van der Waals surface area contributed by atoms with Gasteiger partial charge in [-0.05, 0) is 38.1 Å². The minimum Gasteiger partial charge on any atom is -0.400 e. The van der Waals surface area contributed by atoms with Gasteiger partial charge in [0.2, 0.25) is 0 Å². The van der Waals surface area contributed by atoms with E-state index < -0.39 is 8.32 Å². The lowest BCUT2D eigenvalue weighted by Gasteiger charge is -2.37. The normalized spacial score (nSPS) is 14.3. The monoisotopic (exact) mass is 224 g/mol. The summed E-state index contributed by atoms with van der Waals surface area (Å²) in [4.78, 5) is 0. The molecule has 0 aliphatic heterocycles. The van der Waals surface area contributed by atoms with Gasteiger partial charge in [-0.2, -0.15) is 0 Å². The Bertz CT molecular complexity index is 272. The first-order valence-electron chi connectivity index (χ1n) is 5.39. The maximum atomic E-state index is 6.09. The molecule has 0 N–H and O–H groups in total. The van der Waals surface area contributed by atoms with Gasteiger partial charge in [0.25, 0.3) is 0 Å². The van der Waals surface area contributed by atoms with Crippen LogP contribution >= 0.6 is 0 Å². The van der Waals surface area contributed by atoms with Crippen molar-refractivity contribution in [2.24, 2.45) is 0 Å². The van der Waals surface area contributed by atoms with Gasteiger partial charge in [-0.15, -0.1) is 6.42 Å². The van der Waals surface area contributed by atoms with Gasteiger partial charge in [-0.25, -0.2) is 0 Å². The van der Waals surface area contributed by atoms with Crippen molar-refractivity contribution < 1.29 is 4.43 Å². The highest BCUT2D eigenvalue weighted by Crippen LogP contribution is 2.37. The van der Waals surface area contributed by atoms with Crippen molar-refractivity contribution in [3.63, 3.8) is 0 Å². The molecule has 0 spiro atoms. The largest absolute Gasteiger partial charge is 0.400 e. The molecule has 0 saturated heterocycles. The molecular formula is C13H24OSi. The molecule has 1 nitrogen and oxygen atoms in total. The Balaban J connectivity index is 4.72. The average Bonchev–Trinajstić information content (AvgIpc) is 1.99. The summed E-state index contributed by atoms with van der Waals surface area (Å²) in [6.07, 6.45) is 7.32. The fourth-order valence-electron chi connectivity index (χ4n) is 0.913. The van der Waals surface area contributed by atoms with Gasteiger partial charge in [0.1, 0.15) is 6.10 Å². The smallest absolute Gasteiger partial charge is 0.194 e. The topological polar surface area (TPSA) is 9.23 Å². The lowest BCUT2D eigenvalue weighted by molar-refractivity contribution is 0.275. The predicted molar refractivity (Wildman–Crippen MR) is 70.3 cm³/mol. The summed E-state index contributed by atoms with van der Waals surface area (Å²) in [6.45, 7) is 15.2. The molecule has 0 amide bonds. The highest BCUT2D eigenvalue weighted by molar-refractivity contribution is 6.74. The van der Waals surface area contributed by atoms with Gasteiger partial charge in [-0.3, -0.25) is 0 Å². The molecule has 86 valence electrons. The van der Waals surface area contributed by atoms with Crippen LogP contribution in [0.5, 0.6) is 0 Å². The van der Waals surface area contributed by atoms with Gasteiger partial charge in [-0.1, -0.05) is 32.3 Å². The van der Waals surface area contributed by atoms with Gasteiger partial charge in [0.05, 0.1) is 0 Å². The Morgan fingerprint density at radius 1 is 1.33 bits per heavy atom. The van der Waals surface area contributed by atoms with Crippen LogP contribution in [0.25, 0.3) is 0 Å². The second kappa shape index (κ2) is 5.00. The van der Waals surface area contributed by atoms with Crippen LogP contribution in [0.2, 0.25) is 18.1 Å². The van der Waals surface area contributed by atoms with Crippen LogP contribution in [0.1, 0.15) is 34.6 Å². The molecule has 0 radical (unpaired) electrons. The predicted octanol–water partition coefficient (Wildman–Crippen LogP) is 3.98. The molecule has 15 heavy (non-hydrogen) atoms. The molecule has 0 aliphatic rings. The zero-order valence-electron chi connectivity index (χ0n) is 11.1. The van der Waals surface area contributed by atoms with Crippen molar-refractivity contribution in [3.05, 3.63) is 11.6 Å². The average molecular weight is 224 g/mol. The van der Waals surface area contributed by atoms with Crippen LogP contribution in [0.15, 0.2) is 11.6 Å². The molecule has 0 aliphatic carbocycles. The third-order valence-corrected chi connectivity index (χ3v) is 7.33. The van der Waals surface area contributed by atoms with Crippen LogP contribution in [0, 0.1) is 12.3 Å². The van der Waals surface area contributed by atoms with Crippen molar-refractivity contribution in [2.45, 2.75) is 58.9 Å². The maximum absolute atomic E-state index is 6.09. The number of hydrogen-bond acceptors (Lipinski definition) is 1. The van der Waals surface area contributed by atoms with E-state index in [-0.39, 0.29) is 11.1 Å². The SMILES string of the molecule is C#CC(C=C(C)C)O[Si](C)(C)C(C)(C)C. The number of allylic oxidation sites excluding steroid dienone is 1. The highest BCUT2D eigenvalue weighted by Gasteiger charge is 2.38. The van der Waals surface area contributed by atoms with Gasteiger partial charge in [0.15, 0.2) is 8.32 Å². The molecule has 0 rings (SSSR count). The lowest BCUT2D eigenvalue weighted by Crippen LogP contribution is -2.43. The summed E-state index contributed by atoms with van der Waals surface area (Å²) in [7, 11) is -1.74. The highest BCUT2D eigenvalue weighted by atomic mass is 28.4. The minimum atomic E-state index is -1.74.